The Bertz CT molecular complexity index is 1300. The summed E-state index contributed by atoms with van der Waals surface area (Å²) in [6.07, 6.45) is -0.265. The number of esters is 1. The number of aliphatic hydroxyl groups is 4. The maximum Gasteiger partial charge on any atom is 0.303 e. The Morgan fingerprint density at radius 3 is 2.34 bits per heavy atom. The van der Waals surface area contributed by atoms with Crippen molar-refractivity contribution in [1.82, 2.24) is 0 Å². The Morgan fingerprint density at radius 1 is 1.02 bits per heavy atom. The first-order chi connectivity index (χ1) is 21.8. The molecule has 0 amide bonds. The van der Waals surface area contributed by atoms with Gasteiger partial charge in [0.05, 0.1) is 30.0 Å². The van der Waals surface area contributed by atoms with E-state index in [0.717, 1.165) is 44.9 Å². The molecule has 2 spiro atoms. The molecular weight excluding hydrogens is 606 g/mol. The van der Waals surface area contributed by atoms with Crippen molar-refractivity contribution in [3.8, 4) is 0 Å². The number of carbonyl (C=O) groups excluding carboxylic acids is 2. The zero-order valence-corrected chi connectivity index (χ0v) is 29.1. The highest BCUT2D eigenvalue weighted by atomic mass is 16.7. The maximum absolute atomic E-state index is 14.8. The van der Waals surface area contributed by atoms with Gasteiger partial charge in [-0.1, -0.05) is 27.7 Å². The summed E-state index contributed by atoms with van der Waals surface area (Å²) >= 11 is 0. The largest absolute Gasteiger partial charge is 0.457 e. The number of hydrogen-bond donors (Lipinski definition) is 5. The molecule has 0 aromatic heterocycles. The third-order valence-electron chi connectivity index (χ3n) is 15.1. The van der Waals surface area contributed by atoms with Crippen LogP contribution >= 0.6 is 0 Å². The normalized spacial score (nSPS) is 53.9. The molecular formula is C36H57NO10. The summed E-state index contributed by atoms with van der Waals surface area (Å²) in [4.78, 5) is 26.8. The first-order valence-electron chi connectivity index (χ1n) is 18.0. The van der Waals surface area contributed by atoms with Crippen molar-refractivity contribution in [3.63, 3.8) is 0 Å². The number of hydrogen-bond acceptors (Lipinski definition) is 11. The van der Waals surface area contributed by atoms with Crippen LogP contribution in [-0.2, 0) is 28.5 Å². The van der Waals surface area contributed by atoms with E-state index in [-0.39, 0.29) is 52.5 Å². The number of ether oxygens (including phenoxy) is 4. The molecule has 7 fully saturated rings. The van der Waals surface area contributed by atoms with E-state index in [9.17, 15) is 30.0 Å². The predicted octanol–water partition coefficient (Wildman–Crippen LogP) is 2.23. The van der Waals surface area contributed by atoms with E-state index in [2.05, 4.69) is 27.7 Å². The van der Waals surface area contributed by atoms with Gasteiger partial charge in [-0.3, -0.25) is 9.59 Å². The molecule has 16 atom stereocenters. The molecule has 2 saturated heterocycles. The molecule has 5 saturated carbocycles. The fraction of sp³-hybridized carbons (Fsp3) is 0.944. The zero-order valence-electron chi connectivity index (χ0n) is 29.1. The molecule has 16 unspecified atom stereocenters. The SMILES string of the molecule is CC(=O)OC(C1CC(C)C2C(O1)C(=O)C1(N)C3CCC4C(C)(C)C(OC5OCC(O)C(O)C5O)CCC45CC35CCC21C)C(C)(C)O. The van der Waals surface area contributed by atoms with Gasteiger partial charge in [0, 0.05) is 12.8 Å². The molecule has 0 radical (unpaired) electrons. The van der Waals surface area contributed by atoms with Crippen LogP contribution in [0.5, 0.6) is 0 Å². The topological polar surface area (TPSA) is 178 Å². The standard InChI is InChI=1S/C36H57NO10/c1-17-14-20(29(32(5,6)43)45-18(2)38)46-27-24(17)33(7)12-13-35-16-34(35)11-10-23(47-30-26(41)25(40)19(39)15-44-30)31(3,4)21(34)8-9-22(35)36(33,37)28(27)42/h17,19-27,29-30,39-41,43H,8-16,37H2,1-7H3. The molecule has 11 heteroatoms. The molecule has 0 aromatic rings. The number of rotatable bonds is 5. The summed E-state index contributed by atoms with van der Waals surface area (Å²) in [7, 11) is 0. The lowest BCUT2D eigenvalue weighted by molar-refractivity contribution is -0.302. The highest BCUT2D eigenvalue weighted by molar-refractivity contribution is 5.97. The lowest BCUT2D eigenvalue weighted by atomic mass is 9.43. The van der Waals surface area contributed by atoms with Gasteiger partial charge in [-0.15, -0.1) is 0 Å². The van der Waals surface area contributed by atoms with Crippen LogP contribution in [0.15, 0.2) is 0 Å². The fourth-order valence-electron chi connectivity index (χ4n) is 13.0. The van der Waals surface area contributed by atoms with Crippen molar-refractivity contribution in [3.05, 3.63) is 0 Å². The van der Waals surface area contributed by atoms with Gasteiger partial charge in [0.2, 0.25) is 0 Å². The number of ketones is 1. The van der Waals surface area contributed by atoms with E-state index < -0.39 is 65.4 Å². The van der Waals surface area contributed by atoms with Gasteiger partial charge in [0.25, 0.3) is 0 Å². The molecule has 0 bridgehead atoms. The first kappa shape index (κ1) is 34.3. The van der Waals surface area contributed by atoms with E-state index >= 15 is 0 Å². The Hall–Kier alpha value is -1.18. The average Bonchev–Trinajstić information content (AvgIpc) is 3.61. The van der Waals surface area contributed by atoms with Gasteiger partial charge in [-0.05, 0) is 105 Å². The second-order valence-electron chi connectivity index (χ2n) is 18.1. The van der Waals surface area contributed by atoms with E-state index in [1.807, 2.05) is 0 Å². The summed E-state index contributed by atoms with van der Waals surface area (Å²) < 4.78 is 24.3. The van der Waals surface area contributed by atoms with Gasteiger partial charge in [-0.25, -0.2) is 0 Å². The smallest absolute Gasteiger partial charge is 0.303 e. The summed E-state index contributed by atoms with van der Waals surface area (Å²) in [6.45, 7) is 13.3. The Morgan fingerprint density at radius 2 is 1.68 bits per heavy atom. The lowest BCUT2D eigenvalue weighted by Gasteiger charge is -2.62. The van der Waals surface area contributed by atoms with Crippen LogP contribution in [0.1, 0.15) is 99.8 Å². The van der Waals surface area contributed by atoms with E-state index in [1.165, 1.54) is 6.92 Å². The first-order valence-corrected chi connectivity index (χ1v) is 18.0. The van der Waals surface area contributed by atoms with E-state index in [1.54, 1.807) is 13.8 Å². The number of carbonyl (C=O) groups is 2. The van der Waals surface area contributed by atoms with Crippen LogP contribution < -0.4 is 5.73 Å². The molecule has 5 aliphatic carbocycles. The van der Waals surface area contributed by atoms with Crippen LogP contribution in [0.25, 0.3) is 0 Å². The molecule has 7 rings (SSSR count). The van der Waals surface area contributed by atoms with Crippen LogP contribution in [-0.4, -0.2) is 98.9 Å². The molecule has 7 aliphatic rings. The summed E-state index contributed by atoms with van der Waals surface area (Å²) in [6, 6.07) is 0. The van der Waals surface area contributed by atoms with Gasteiger partial charge >= 0.3 is 5.97 Å². The molecule has 2 aliphatic heterocycles. The van der Waals surface area contributed by atoms with Crippen LogP contribution in [0.2, 0.25) is 0 Å². The highest BCUT2D eigenvalue weighted by Crippen LogP contribution is 2.87. The van der Waals surface area contributed by atoms with Crippen molar-refractivity contribution in [2.45, 2.75) is 160 Å². The minimum absolute atomic E-state index is 0.0242. The van der Waals surface area contributed by atoms with Gasteiger partial charge in [-0.2, -0.15) is 0 Å². The Labute approximate surface area is 278 Å². The van der Waals surface area contributed by atoms with Gasteiger partial charge < -0.3 is 45.1 Å². The highest BCUT2D eigenvalue weighted by Gasteiger charge is 2.85. The van der Waals surface area contributed by atoms with Crippen molar-refractivity contribution in [1.29, 1.82) is 0 Å². The molecule has 266 valence electrons. The minimum atomic E-state index is -1.35. The number of Topliss-reactive ketones (excluding diaryl/α,β-unsaturated/α-hetero) is 1. The van der Waals surface area contributed by atoms with Crippen molar-refractivity contribution in [2.75, 3.05) is 6.61 Å². The van der Waals surface area contributed by atoms with Crippen molar-refractivity contribution >= 4 is 11.8 Å². The van der Waals surface area contributed by atoms with E-state index in [0.29, 0.717) is 12.3 Å². The molecule has 0 aromatic carbocycles. The molecule has 11 nitrogen and oxygen atoms in total. The van der Waals surface area contributed by atoms with Crippen molar-refractivity contribution < 1.29 is 49.0 Å². The summed E-state index contributed by atoms with van der Waals surface area (Å²) in [5, 5.41) is 41.7. The zero-order chi connectivity index (χ0) is 34.3. The quantitative estimate of drug-likeness (QED) is 0.215. The fourth-order valence-corrected chi connectivity index (χ4v) is 13.0. The predicted molar refractivity (Wildman–Crippen MR) is 168 cm³/mol. The molecule has 2 heterocycles. The third-order valence-corrected chi connectivity index (χ3v) is 15.1. The van der Waals surface area contributed by atoms with Gasteiger partial charge in [0.15, 0.2) is 18.2 Å². The lowest BCUT2D eigenvalue weighted by Crippen LogP contribution is -2.69. The van der Waals surface area contributed by atoms with E-state index in [4.69, 9.17) is 24.7 Å². The number of aliphatic hydroxyl groups excluding tert-OH is 3. The van der Waals surface area contributed by atoms with Gasteiger partial charge in [0.1, 0.15) is 24.4 Å². The monoisotopic (exact) mass is 663 g/mol. The molecule has 6 N–H and O–H groups in total. The van der Waals surface area contributed by atoms with Crippen LogP contribution in [0.3, 0.4) is 0 Å². The number of fused-ring (bicyclic) bond motifs is 4. The summed E-state index contributed by atoms with van der Waals surface area (Å²) in [5.74, 6) is -0.126. The maximum atomic E-state index is 14.8. The second kappa shape index (κ2) is 10.7. The molecule has 47 heavy (non-hydrogen) atoms. The second-order valence-corrected chi connectivity index (χ2v) is 18.1. The van der Waals surface area contributed by atoms with Crippen LogP contribution in [0.4, 0.5) is 0 Å². The minimum Gasteiger partial charge on any atom is -0.457 e. The average molecular weight is 664 g/mol. The third kappa shape index (κ3) is 4.45. The van der Waals surface area contributed by atoms with Crippen LogP contribution in [0, 0.1) is 45.3 Å². The Kier molecular flexibility index (Phi) is 7.78. The summed E-state index contributed by atoms with van der Waals surface area (Å²) in [5.41, 5.74) is 4.56. The number of nitrogens with two attached hydrogens (primary N) is 1. The van der Waals surface area contributed by atoms with Crippen molar-refractivity contribution in [2.24, 2.45) is 51.1 Å². The Balaban J connectivity index is 1.15.